The SMILES string of the molecule is CCCCN(C)CC1CCN(Cc2coc(-c3ccccc3)n2)CC1. The molecule has 2 aromatic rings. The van der Waals surface area contributed by atoms with Gasteiger partial charge in [-0.2, -0.15) is 0 Å². The molecule has 4 heteroatoms. The smallest absolute Gasteiger partial charge is 0.226 e. The third kappa shape index (κ3) is 5.41. The highest BCUT2D eigenvalue weighted by atomic mass is 16.3. The van der Waals surface area contributed by atoms with Gasteiger partial charge in [0.2, 0.25) is 5.89 Å². The van der Waals surface area contributed by atoms with Crippen molar-refractivity contribution < 1.29 is 4.42 Å². The highest BCUT2D eigenvalue weighted by molar-refractivity contribution is 5.52. The Bertz CT molecular complexity index is 617. The van der Waals surface area contributed by atoms with Crippen LogP contribution in [0.3, 0.4) is 0 Å². The van der Waals surface area contributed by atoms with Crippen molar-refractivity contribution in [2.45, 2.75) is 39.2 Å². The zero-order valence-electron chi connectivity index (χ0n) is 15.7. The van der Waals surface area contributed by atoms with Crippen molar-refractivity contribution in [2.75, 3.05) is 33.2 Å². The van der Waals surface area contributed by atoms with Gasteiger partial charge in [0, 0.05) is 18.7 Å². The van der Waals surface area contributed by atoms with Gasteiger partial charge in [0.15, 0.2) is 0 Å². The molecule has 0 saturated carbocycles. The first-order chi connectivity index (χ1) is 12.2. The summed E-state index contributed by atoms with van der Waals surface area (Å²) in [7, 11) is 2.27. The number of aromatic nitrogens is 1. The topological polar surface area (TPSA) is 32.5 Å². The van der Waals surface area contributed by atoms with E-state index in [4.69, 9.17) is 4.42 Å². The van der Waals surface area contributed by atoms with Gasteiger partial charge in [-0.3, -0.25) is 4.90 Å². The Hall–Kier alpha value is -1.65. The third-order valence-electron chi connectivity index (χ3n) is 5.13. The van der Waals surface area contributed by atoms with E-state index in [1.54, 1.807) is 0 Å². The average molecular weight is 341 g/mol. The fourth-order valence-electron chi connectivity index (χ4n) is 3.61. The minimum Gasteiger partial charge on any atom is -0.444 e. The van der Waals surface area contributed by atoms with Crippen LogP contribution in [0, 0.1) is 5.92 Å². The van der Waals surface area contributed by atoms with Gasteiger partial charge < -0.3 is 9.32 Å². The van der Waals surface area contributed by atoms with Crippen LogP contribution >= 0.6 is 0 Å². The van der Waals surface area contributed by atoms with Gasteiger partial charge in [-0.25, -0.2) is 4.98 Å². The number of hydrogen-bond donors (Lipinski definition) is 0. The number of benzene rings is 1. The van der Waals surface area contributed by atoms with E-state index in [-0.39, 0.29) is 0 Å². The molecule has 0 aliphatic carbocycles. The van der Waals surface area contributed by atoms with Crippen molar-refractivity contribution in [3.8, 4) is 11.5 Å². The van der Waals surface area contributed by atoms with E-state index in [2.05, 4.69) is 28.8 Å². The Morgan fingerprint density at radius 3 is 2.68 bits per heavy atom. The van der Waals surface area contributed by atoms with Crippen molar-refractivity contribution in [3.05, 3.63) is 42.3 Å². The number of unbranched alkanes of at least 4 members (excludes halogenated alkanes) is 1. The predicted molar refractivity (Wildman–Crippen MR) is 102 cm³/mol. The quantitative estimate of drug-likeness (QED) is 0.717. The van der Waals surface area contributed by atoms with Crippen LogP contribution in [0.4, 0.5) is 0 Å². The van der Waals surface area contributed by atoms with Crippen molar-refractivity contribution in [1.82, 2.24) is 14.8 Å². The van der Waals surface area contributed by atoms with E-state index in [9.17, 15) is 0 Å². The van der Waals surface area contributed by atoms with E-state index in [0.717, 1.165) is 29.6 Å². The fourth-order valence-corrected chi connectivity index (χ4v) is 3.61. The van der Waals surface area contributed by atoms with Crippen LogP contribution in [0.15, 0.2) is 41.0 Å². The number of hydrogen-bond acceptors (Lipinski definition) is 4. The maximum atomic E-state index is 5.66. The summed E-state index contributed by atoms with van der Waals surface area (Å²) >= 11 is 0. The molecule has 0 radical (unpaired) electrons. The van der Waals surface area contributed by atoms with Gasteiger partial charge in [0.25, 0.3) is 0 Å². The number of nitrogens with zero attached hydrogens (tertiary/aromatic N) is 3. The first-order valence-corrected chi connectivity index (χ1v) is 9.65. The van der Waals surface area contributed by atoms with Crippen LogP contribution in [0.1, 0.15) is 38.3 Å². The minimum atomic E-state index is 0.725. The Kier molecular flexibility index (Phi) is 6.65. The first-order valence-electron chi connectivity index (χ1n) is 9.65. The lowest BCUT2D eigenvalue weighted by molar-refractivity contribution is 0.147. The molecule has 4 nitrogen and oxygen atoms in total. The second-order valence-corrected chi connectivity index (χ2v) is 7.35. The van der Waals surface area contributed by atoms with E-state index in [1.807, 2.05) is 36.6 Å². The van der Waals surface area contributed by atoms with Gasteiger partial charge >= 0.3 is 0 Å². The zero-order chi connectivity index (χ0) is 17.5. The molecule has 1 saturated heterocycles. The summed E-state index contributed by atoms with van der Waals surface area (Å²) < 4.78 is 5.66. The monoisotopic (exact) mass is 341 g/mol. The zero-order valence-corrected chi connectivity index (χ0v) is 15.7. The molecule has 0 bridgehead atoms. The van der Waals surface area contributed by atoms with Gasteiger partial charge in [0.1, 0.15) is 6.26 Å². The lowest BCUT2D eigenvalue weighted by Crippen LogP contribution is -2.37. The standard InChI is InChI=1S/C21H31N3O/c1-3-4-12-23(2)15-18-10-13-24(14-11-18)16-20-17-25-21(22-20)19-8-6-5-7-9-19/h5-9,17-18H,3-4,10-16H2,1-2H3. The molecule has 1 aromatic carbocycles. The van der Waals surface area contributed by atoms with E-state index < -0.39 is 0 Å². The maximum absolute atomic E-state index is 5.66. The van der Waals surface area contributed by atoms with E-state index in [1.165, 1.54) is 51.9 Å². The van der Waals surface area contributed by atoms with E-state index >= 15 is 0 Å². The van der Waals surface area contributed by atoms with Crippen LogP contribution in [0.5, 0.6) is 0 Å². The maximum Gasteiger partial charge on any atom is 0.226 e. The first kappa shape index (κ1) is 18.2. The van der Waals surface area contributed by atoms with Crippen LogP contribution in [0.2, 0.25) is 0 Å². The number of oxazole rings is 1. The van der Waals surface area contributed by atoms with Gasteiger partial charge in [-0.1, -0.05) is 31.5 Å². The van der Waals surface area contributed by atoms with Crippen molar-refractivity contribution >= 4 is 0 Å². The Morgan fingerprint density at radius 2 is 1.96 bits per heavy atom. The van der Waals surface area contributed by atoms with Crippen molar-refractivity contribution in [1.29, 1.82) is 0 Å². The van der Waals surface area contributed by atoms with Gasteiger partial charge in [-0.05, 0) is 64.0 Å². The third-order valence-corrected chi connectivity index (χ3v) is 5.13. The summed E-state index contributed by atoms with van der Waals surface area (Å²) in [6.07, 6.45) is 6.99. The summed E-state index contributed by atoms with van der Waals surface area (Å²) in [4.78, 5) is 9.68. The molecular formula is C21H31N3O. The van der Waals surface area contributed by atoms with Crippen LogP contribution in [-0.4, -0.2) is 48.0 Å². The molecule has 3 rings (SSSR count). The number of rotatable bonds is 8. The molecule has 1 aliphatic heterocycles. The normalized spacial score (nSPS) is 16.6. The second kappa shape index (κ2) is 9.16. The molecule has 0 amide bonds. The molecule has 136 valence electrons. The summed E-state index contributed by atoms with van der Waals surface area (Å²) in [5.41, 5.74) is 2.08. The van der Waals surface area contributed by atoms with E-state index in [0.29, 0.717) is 0 Å². The fraction of sp³-hybridized carbons (Fsp3) is 0.571. The van der Waals surface area contributed by atoms with Crippen molar-refractivity contribution in [2.24, 2.45) is 5.92 Å². The molecule has 25 heavy (non-hydrogen) atoms. The lowest BCUT2D eigenvalue weighted by atomic mass is 9.96. The number of piperidine rings is 1. The molecule has 0 unspecified atom stereocenters. The Balaban J connectivity index is 1.44. The minimum absolute atomic E-state index is 0.725. The number of likely N-dealkylation sites (tertiary alicyclic amines) is 1. The molecule has 1 fully saturated rings. The van der Waals surface area contributed by atoms with Crippen LogP contribution in [0.25, 0.3) is 11.5 Å². The summed E-state index contributed by atoms with van der Waals surface area (Å²) in [6.45, 7) is 7.97. The second-order valence-electron chi connectivity index (χ2n) is 7.35. The van der Waals surface area contributed by atoms with Gasteiger partial charge in [0.05, 0.1) is 5.69 Å². The molecule has 1 aliphatic rings. The highest BCUT2D eigenvalue weighted by Gasteiger charge is 2.21. The molecule has 0 atom stereocenters. The Morgan fingerprint density at radius 1 is 1.20 bits per heavy atom. The summed E-state index contributed by atoms with van der Waals surface area (Å²) in [5, 5.41) is 0. The largest absolute Gasteiger partial charge is 0.444 e. The molecule has 0 N–H and O–H groups in total. The van der Waals surface area contributed by atoms with Crippen molar-refractivity contribution in [3.63, 3.8) is 0 Å². The summed E-state index contributed by atoms with van der Waals surface area (Å²) in [6, 6.07) is 10.1. The molecule has 0 spiro atoms. The predicted octanol–water partition coefficient (Wildman–Crippen LogP) is 4.29. The summed E-state index contributed by atoms with van der Waals surface area (Å²) in [5.74, 6) is 1.57. The molecule has 1 aromatic heterocycles. The average Bonchev–Trinajstić information content (AvgIpc) is 3.11. The lowest BCUT2D eigenvalue weighted by Gasteiger charge is -2.33. The molecular weight excluding hydrogens is 310 g/mol. The van der Waals surface area contributed by atoms with Gasteiger partial charge in [-0.15, -0.1) is 0 Å². The van der Waals surface area contributed by atoms with Crippen LogP contribution < -0.4 is 0 Å². The highest BCUT2D eigenvalue weighted by Crippen LogP contribution is 2.22. The van der Waals surface area contributed by atoms with Crippen LogP contribution in [-0.2, 0) is 6.54 Å². The Labute approximate surface area is 151 Å². The molecule has 2 heterocycles.